The van der Waals surface area contributed by atoms with E-state index < -0.39 is 18.0 Å². The molecule has 0 radical (unpaired) electrons. The number of hydrogen-bond donors (Lipinski definition) is 1. The number of nitrogens with zero attached hydrogens (tertiary/aromatic N) is 5. The zero-order valence-electron chi connectivity index (χ0n) is 20.3. The van der Waals surface area contributed by atoms with Gasteiger partial charge in [-0.1, -0.05) is 19.1 Å². The summed E-state index contributed by atoms with van der Waals surface area (Å²) < 4.78 is 20.0. The first kappa shape index (κ1) is 25.2. The van der Waals surface area contributed by atoms with Crippen molar-refractivity contribution in [1.82, 2.24) is 24.8 Å². The lowest BCUT2D eigenvalue weighted by atomic mass is 9.99. The second kappa shape index (κ2) is 10.8. The van der Waals surface area contributed by atoms with Crippen LogP contribution >= 0.6 is 0 Å². The van der Waals surface area contributed by atoms with Crippen LogP contribution in [0.3, 0.4) is 0 Å². The number of aliphatic hydroxyl groups is 1. The summed E-state index contributed by atoms with van der Waals surface area (Å²) >= 11 is 0. The van der Waals surface area contributed by atoms with E-state index in [1.165, 1.54) is 41.8 Å². The van der Waals surface area contributed by atoms with Crippen LogP contribution in [0.25, 0.3) is 11.1 Å². The number of likely N-dealkylation sites (N-methyl/N-ethyl adjacent to an activating group) is 1. The van der Waals surface area contributed by atoms with Gasteiger partial charge in [0.2, 0.25) is 5.88 Å². The number of pyridine rings is 1. The third-order valence-electron chi connectivity index (χ3n) is 6.26. The summed E-state index contributed by atoms with van der Waals surface area (Å²) in [5.41, 5.74) is 1.54. The van der Waals surface area contributed by atoms with Crippen LogP contribution in [0.4, 0.5) is 4.39 Å². The van der Waals surface area contributed by atoms with Crippen molar-refractivity contribution in [2.24, 2.45) is 5.92 Å². The zero-order valence-corrected chi connectivity index (χ0v) is 20.3. The Balaban J connectivity index is 1.69. The molecular formula is C26H28FN5O4. The number of fused-ring (bicyclic) bond motifs is 1. The number of aliphatic hydroxyl groups excluding tert-OH is 1. The molecule has 0 spiro atoms. The van der Waals surface area contributed by atoms with Gasteiger partial charge in [0, 0.05) is 43.7 Å². The van der Waals surface area contributed by atoms with Crippen LogP contribution in [0, 0.1) is 11.7 Å². The lowest BCUT2D eigenvalue weighted by Crippen LogP contribution is -2.50. The van der Waals surface area contributed by atoms with Gasteiger partial charge in [0.25, 0.3) is 11.8 Å². The lowest BCUT2D eigenvalue weighted by molar-refractivity contribution is 0.0312. The van der Waals surface area contributed by atoms with Crippen molar-refractivity contribution >= 4 is 11.8 Å². The van der Waals surface area contributed by atoms with Crippen LogP contribution in [-0.4, -0.2) is 80.6 Å². The summed E-state index contributed by atoms with van der Waals surface area (Å²) in [4.78, 5) is 41.9. The molecule has 2 aromatic heterocycles. The Morgan fingerprint density at radius 1 is 1.25 bits per heavy atom. The summed E-state index contributed by atoms with van der Waals surface area (Å²) in [5.74, 6) is -1.13. The number of carbonyl (C=O) groups excluding carboxylic acids is 2. The van der Waals surface area contributed by atoms with Crippen molar-refractivity contribution in [3.8, 4) is 17.0 Å². The Morgan fingerprint density at radius 3 is 2.75 bits per heavy atom. The topological polar surface area (TPSA) is 109 Å². The normalized spacial score (nSPS) is 18.5. The van der Waals surface area contributed by atoms with Gasteiger partial charge in [0.1, 0.15) is 23.2 Å². The van der Waals surface area contributed by atoms with E-state index in [-0.39, 0.29) is 48.0 Å². The smallest absolute Gasteiger partial charge is 0.273 e. The average molecular weight is 494 g/mol. The fourth-order valence-corrected chi connectivity index (χ4v) is 4.10. The molecule has 0 fully saturated rings. The van der Waals surface area contributed by atoms with Gasteiger partial charge >= 0.3 is 0 Å². The number of aromatic nitrogens is 3. The van der Waals surface area contributed by atoms with Crippen LogP contribution in [-0.2, 0) is 0 Å². The Morgan fingerprint density at radius 2 is 2.06 bits per heavy atom. The van der Waals surface area contributed by atoms with E-state index in [1.54, 1.807) is 37.1 Å². The summed E-state index contributed by atoms with van der Waals surface area (Å²) in [5, 5.41) is 9.83. The molecule has 1 aromatic carbocycles. The van der Waals surface area contributed by atoms with E-state index in [0.29, 0.717) is 17.7 Å². The SMILES string of the molecule is C[C@H](CO)N1C[C@H](C)[C@H](CN(C)C(=O)c2cnccn2)Oc2ncc(-c3cccc(F)c3)cc2C1=O. The fraction of sp³-hybridized carbons (Fsp3) is 0.346. The Kier molecular flexibility index (Phi) is 7.54. The molecule has 3 aromatic rings. The molecule has 0 unspecified atom stereocenters. The number of benzene rings is 1. The van der Waals surface area contributed by atoms with Gasteiger partial charge in [-0.2, -0.15) is 0 Å². The van der Waals surface area contributed by atoms with Crippen LogP contribution in [0.15, 0.2) is 55.1 Å². The highest BCUT2D eigenvalue weighted by atomic mass is 19.1. The summed E-state index contributed by atoms with van der Waals surface area (Å²) in [6.45, 7) is 3.96. The van der Waals surface area contributed by atoms with Crippen molar-refractivity contribution < 1.29 is 23.8 Å². The molecule has 9 nitrogen and oxygen atoms in total. The number of halogens is 1. The highest BCUT2D eigenvalue weighted by Crippen LogP contribution is 2.30. The van der Waals surface area contributed by atoms with Crippen LogP contribution in [0.1, 0.15) is 34.7 Å². The van der Waals surface area contributed by atoms with Crippen molar-refractivity contribution in [2.75, 3.05) is 26.7 Å². The molecule has 0 bridgehead atoms. The Bertz CT molecular complexity index is 1240. The molecule has 1 N–H and O–H groups in total. The standard InChI is InChI=1S/C26H28FN5O4/c1-16-13-32(17(2)15-33)25(34)21-10-19(18-5-4-6-20(27)9-18)11-30-24(21)36-23(16)14-31(3)26(35)22-12-28-7-8-29-22/h4-12,16-17,23,33H,13-15H2,1-3H3/t16-,17+,23-/m0/s1. The van der Waals surface area contributed by atoms with Crippen molar-refractivity contribution in [3.63, 3.8) is 0 Å². The molecular weight excluding hydrogens is 465 g/mol. The largest absolute Gasteiger partial charge is 0.472 e. The molecule has 10 heteroatoms. The molecule has 3 atom stereocenters. The summed E-state index contributed by atoms with van der Waals surface area (Å²) in [7, 11) is 1.65. The molecule has 4 rings (SSSR count). The average Bonchev–Trinajstić information content (AvgIpc) is 2.90. The first-order chi connectivity index (χ1) is 17.3. The van der Waals surface area contributed by atoms with E-state index in [2.05, 4.69) is 15.0 Å². The third kappa shape index (κ3) is 5.33. The molecule has 188 valence electrons. The van der Waals surface area contributed by atoms with E-state index in [4.69, 9.17) is 4.74 Å². The molecule has 2 amide bonds. The lowest BCUT2D eigenvalue weighted by Gasteiger charge is -2.37. The van der Waals surface area contributed by atoms with Gasteiger partial charge in [-0.05, 0) is 30.7 Å². The summed E-state index contributed by atoms with van der Waals surface area (Å²) in [6.07, 6.45) is 5.36. The van der Waals surface area contributed by atoms with Crippen LogP contribution < -0.4 is 4.74 Å². The predicted octanol–water partition coefficient (Wildman–Crippen LogP) is 2.67. The van der Waals surface area contributed by atoms with Crippen LogP contribution in [0.2, 0.25) is 0 Å². The van der Waals surface area contributed by atoms with Gasteiger partial charge in [-0.3, -0.25) is 14.6 Å². The second-order valence-electron chi connectivity index (χ2n) is 8.99. The van der Waals surface area contributed by atoms with Crippen molar-refractivity contribution in [1.29, 1.82) is 0 Å². The van der Waals surface area contributed by atoms with E-state index in [0.717, 1.165) is 0 Å². The monoisotopic (exact) mass is 493 g/mol. The van der Waals surface area contributed by atoms with Gasteiger partial charge in [-0.25, -0.2) is 14.4 Å². The molecule has 0 saturated carbocycles. The first-order valence-corrected chi connectivity index (χ1v) is 11.6. The number of ether oxygens (including phenoxy) is 1. The number of rotatable bonds is 6. The van der Waals surface area contributed by atoms with E-state index in [9.17, 15) is 19.1 Å². The maximum Gasteiger partial charge on any atom is 0.273 e. The second-order valence-corrected chi connectivity index (χ2v) is 8.99. The number of amides is 2. The number of carbonyl (C=O) groups is 2. The minimum Gasteiger partial charge on any atom is -0.472 e. The highest BCUT2D eigenvalue weighted by molar-refractivity contribution is 5.98. The van der Waals surface area contributed by atoms with Gasteiger partial charge in [0.05, 0.1) is 25.4 Å². The molecule has 0 saturated heterocycles. The first-order valence-electron chi connectivity index (χ1n) is 11.6. The maximum absolute atomic E-state index is 13.8. The Hall–Kier alpha value is -3.92. The van der Waals surface area contributed by atoms with E-state index in [1.807, 2.05) is 6.92 Å². The quantitative estimate of drug-likeness (QED) is 0.562. The van der Waals surface area contributed by atoms with E-state index >= 15 is 0 Å². The molecule has 3 heterocycles. The van der Waals surface area contributed by atoms with Gasteiger partial charge < -0.3 is 19.6 Å². The zero-order chi connectivity index (χ0) is 25.8. The third-order valence-corrected chi connectivity index (χ3v) is 6.26. The van der Waals surface area contributed by atoms with Crippen molar-refractivity contribution in [3.05, 3.63) is 72.2 Å². The predicted molar refractivity (Wildman–Crippen MR) is 130 cm³/mol. The molecule has 1 aliphatic rings. The summed E-state index contributed by atoms with van der Waals surface area (Å²) in [6, 6.07) is 7.19. The highest BCUT2D eigenvalue weighted by Gasteiger charge is 2.35. The molecule has 0 aliphatic carbocycles. The molecule has 36 heavy (non-hydrogen) atoms. The minimum atomic E-state index is -0.511. The van der Waals surface area contributed by atoms with Gasteiger partial charge in [-0.15, -0.1) is 0 Å². The van der Waals surface area contributed by atoms with Crippen LogP contribution in [0.5, 0.6) is 5.88 Å². The van der Waals surface area contributed by atoms with Gasteiger partial charge in [0.15, 0.2) is 0 Å². The fourth-order valence-electron chi connectivity index (χ4n) is 4.10. The van der Waals surface area contributed by atoms with Crippen molar-refractivity contribution in [2.45, 2.75) is 26.0 Å². The Labute approximate surface area is 208 Å². The minimum absolute atomic E-state index is 0.118. The number of hydrogen-bond acceptors (Lipinski definition) is 7. The maximum atomic E-state index is 13.8. The molecule has 1 aliphatic heterocycles.